The molecule has 0 bridgehead atoms. The molecule has 0 aromatic heterocycles. The first-order valence-corrected chi connectivity index (χ1v) is 9.94. The lowest BCUT2D eigenvalue weighted by atomic mass is 10.1. The van der Waals surface area contributed by atoms with E-state index in [-0.39, 0.29) is 5.91 Å². The molecule has 0 aliphatic heterocycles. The van der Waals surface area contributed by atoms with E-state index in [2.05, 4.69) is 27.8 Å². The van der Waals surface area contributed by atoms with E-state index in [9.17, 15) is 4.79 Å². The molecule has 1 amide bonds. The third kappa shape index (κ3) is 7.23. The Labute approximate surface area is 174 Å². The molecule has 2 aromatic rings. The number of benzene rings is 2. The molecular formula is C23H32N4O2. The first-order chi connectivity index (χ1) is 14.0. The highest BCUT2D eigenvalue weighted by Crippen LogP contribution is 2.10. The van der Waals surface area contributed by atoms with Crippen molar-refractivity contribution < 1.29 is 9.53 Å². The van der Waals surface area contributed by atoms with Gasteiger partial charge in [-0.2, -0.15) is 0 Å². The Kier molecular flexibility index (Phi) is 9.18. The zero-order valence-corrected chi connectivity index (χ0v) is 17.9. The fraction of sp³-hybridized carbons (Fsp3) is 0.391. The van der Waals surface area contributed by atoms with E-state index >= 15 is 0 Å². The van der Waals surface area contributed by atoms with Crippen molar-refractivity contribution in [1.29, 1.82) is 0 Å². The lowest BCUT2D eigenvalue weighted by Crippen LogP contribution is -2.38. The first-order valence-electron chi connectivity index (χ1n) is 9.94. The van der Waals surface area contributed by atoms with E-state index in [1.165, 1.54) is 11.1 Å². The second kappa shape index (κ2) is 11.9. The maximum atomic E-state index is 12.1. The second-order valence-electron chi connectivity index (χ2n) is 6.91. The van der Waals surface area contributed by atoms with Gasteiger partial charge in [-0.15, -0.1) is 0 Å². The van der Waals surface area contributed by atoms with E-state index in [1.807, 2.05) is 43.3 Å². The Morgan fingerprint density at radius 1 is 1.07 bits per heavy atom. The van der Waals surface area contributed by atoms with Crippen molar-refractivity contribution in [3.63, 3.8) is 0 Å². The van der Waals surface area contributed by atoms with Crippen molar-refractivity contribution in [1.82, 2.24) is 15.5 Å². The van der Waals surface area contributed by atoms with E-state index in [1.54, 1.807) is 26.0 Å². The minimum atomic E-state index is 0.0167. The van der Waals surface area contributed by atoms with Gasteiger partial charge in [-0.1, -0.05) is 36.4 Å². The van der Waals surface area contributed by atoms with Crippen molar-refractivity contribution >= 4 is 11.9 Å². The molecule has 0 atom stereocenters. The summed E-state index contributed by atoms with van der Waals surface area (Å²) in [5.74, 6) is 0.764. The first kappa shape index (κ1) is 22.4. The van der Waals surface area contributed by atoms with Gasteiger partial charge in [-0.25, -0.2) is 0 Å². The monoisotopic (exact) mass is 396 g/mol. The smallest absolute Gasteiger partial charge is 0.253 e. The van der Waals surface area contributed by atoms with Crippen LogP contribution < -0.4 is 10.6 Å². The average molecular weight is 397 g/mol. The highest BCUT2D eigenvalue weighted by Gasteiger charge is 2.08. The highest BCUT2D eigenvalue weighted by molar-refractivity contribution is 5.94. The minimum Gasteiger partial charge on any atom is -0.377 e. The summed E-state index contributed by atoms with van der Waals surface area (Å²) in [6, 6.07) is 16.0. The van der Waals surface area contributed by atoms with Crippen LogP contribution in [0.4, 0.5) is 0 Å². The number of ether oxygens (including phenoxy) is 1. The Balaban J connectivity index is 1.86. The van der Waals surface area contributed by atoms with E-state index in [0.29, 0.717) is 25.3 Å². The summed E-state index contributed by atoms with van der Waals surface area (Å²) < 4.78 is 5.55. The van der Waals surface area contributed by atoms with Crippen LogP contribution in [-0.4, -0.2) is 51.1 Å². The van der Waals surface area contributed by atoms with Gasteiger partial charge in [0.25, 0.3) is 5.91 Å². The van der Waals surface area contributed by atoms with Gasteiger partial charge in [0, 0.05) is 46.4 Å². The maximum Gasteiger partial charge on any atom is 0.253 e. The zero-order valence-electron chi connectivity index (χ0n) is 17.9. The van der Waals surface area contributed by atoms with Gasteiger partial charge >= 0.3 is 0 Å². The van der Waals surface area contributed by atoms with Crippen molar-refractivity contribution in [3.05, 3.63) is 70.8 Å². The van der Waals surface area contributed by atoms with Gasteiger partial charge in [0.05, 0.1) is 6.61 Å². The number of amides is 1. The van der Waals surface area contributed by atoms with Crippen LogP contribution in [0.1, 0.15) is 34.0 Å². The second-order valence-corrected chi connectivity index (χ2v) is 6.91. The quantitative estimate of drug-likeness (QED) is 0.505. The molecule has 0 saturated carbocycles. The van der Waals surface area contributed by atoms with Crippen LogP contribution in [0.15, 0.2) is 53.5 Å². The lowest BCUT2D eigenvalue weighted by molar-refractivity contribution is 0.0827. The maximum absolute atomic E-state index is 12.1. The van der Waals surface area contributed by atoms with Gasteiger partial charge in [0.15, 0.2) is 5.96 Å². The molecule has 0 heterocycles. The molecule has 156 valence electrons. The van der Waals surface area contributed by atoms with Crippen LogP contribution in [0, 0.1) is 0 Å². The topological polar surface area (TPSA) is 66.0 Å². The summed E-state index contributed by atoms with van der Waals surface area (Å²) in [6.45, 7) is 4.71. The molecule has 2 N–H and O–H groups in total. The molecule has 29 heavy (non-hydrogen) atoms. The molecule has 0 spiro atoms. The van der Waals surface area contributed by atoms with Gasteiger partial charge in [-0.05, 0) is 42.2 Å². The van der Waals surface area contributed by atoms with Crippen LogP contribution >= 0.6 is 0 Å². The summed E-state index contributed by atoms with van der Waals surface area (Å²) in [5, 5.41) is 6.69. The van der Waals surface area contributed by atoms with Crippen molar-refractivity contribution in [2.24, 2.45) is 4.99 Å². The number of hydrogen-bond acceptors (Lipinski definition) is 3. The van der Waals surface area contributed by atoms with Crippen LogP contribution in [0.5, 0.6) is 0 Å². The molecule has 0 radical (unpaired) electrons. The van der Waals surface area contributed by atoms with Crippen LogP contribution in [0.2, 0.25) is 0 Å². The van der Waals surface area contributed by atoms with E-state index < -0.39 is 0 Å². The SMILES string of the molecule is CCOCc1ccccc1CNC(=NC)NCCc1cccc(C(=O)N(C)C)c1. The molecule has 0 unspecified atom stereocenters. The number of hydrogen-bond donors (Lipinski definition) is 2. The van der Waals surface area contributed by atoms with Crippen LogP contribution in [-0.2, 0) is 24.3 Å². The molecule has 2 rings (SSSR count). The highest BCUT2D eigenvalue weighted by atomic mass is 16.5. The number of guanidine groups is 1. The number of carbonyl (C=O) groups is 1. The van der Waals surface area contributed by atoms with Crippen LogP contribution in [0.25, 0.3) is 0 Å². The lowest BCUT2D eigenvalue weighted by Gasteiger charge is -2.15. The normalized spacial score (nSPS) is 11.2. The fourth-order valence-corrected chi connectivity index (χ4v) is 2.93. The fourth-order valence-electron chi connectivity index (χ4n) is 2.93. The number of nitrogens with zero attached hydrogens (tertiary/aromatic N) is 2. The van der Waals surface area contributed by atoms with Gasteiger partial charge in [0.2, 0.25) is 0 Å². The summed E-state index contributed by atoms with van der Waals surface area (Å²) in [4.78, 5) is 18.0. The van der Waals surface area contributed by atoms with E-state index in [4.69, 9.17) is 4.74 Å². The third-order valence-corrected chi connectivity index (χ3v) is 4.54. The van der Waals surface area contributed by atoms with E-state index in [0.717, 1.165) is 24.5 Å². The Bertz CT molecular complexity index is 818. The molecule has 0 aliphatic rings. The number of nitrogens with one attached hydrogen (secondary N) is 2. The zero-order chi connectivity index (χ0) is 21.1. The van der Waals surface area contributed by atoms with Crippen molar-refractivity contribution in [3.8, 4) is 0 Å². The Morgan fingerprint density at radius 3 is 2.52 bits per heavy atom. The van der Waals surface area contributed by atoms with Gasteiger partial charge < -0.3 is 20.3 Å². The molecule has 6 nitrogen and oxygen atoms in total. The third-order valence-electron chi connectivity index (χ3n) is 4.54. The Morgan fingerprint density at radius 2 is 1.83 bits per heavy atom. The summed E-state index contributed by atoms with van der Waals surface area (Å²) in [7, 11) is 5.29. The van der Waals surface area contributed by atoms with Crippen molar-refractivity contribution in [2.45, 2.75) is 26.5 Å². The minimum absolute atomic E-state index is 0.0167. The molecular weight excluding hydrogens is 364 g/mol. The molecule has 0 saturated heterocycles. The summed E-state index contributed by atoms with van der Waals surface area (Å²) in [5.41, 5.74) is 4.20. The Hall–Kier alpha value is -2.86. The average Bonchev–Trinajstić information content (AvgIpc) is 2.74. The summed E-state index contributed by atoms with van der Waals surface area (Å²) in [6.07, 6.45) is 0.802. The largest absolute Gasteiger partial charge is 0.377 e. The molecule has 6 heteroatoms. The van der Waals surface area contributed by atoms with Crippen molar-refractivity contribution in [2.75, 3.05) is 34.3 Å². The molecule has 2 aromatic carbocycles. The predicted octanol–water partition coefficient (Wildman–Crippen LogP) is 2.83. The predicted molar refractivity (Wildman–Crippen MR) is 118 cm³/mol. The van der Waals surface area contributed by atoms with Gasteiger partial charge in [-0.3, -0.25) is 9.79 Å². The summed E-state index contributed by atoms with van der Waals surface area (Å²) >= 11 is 0. The van der Waals surface area contributed by atoms with Gasteiger partial charge in [0.1, 0.15) is 0 Å². The number of carbonyl (C=O) groups excluding carboxylic acids is 1. The molecule has 0 fully saturated rings. The van der Waals surface area contributed by atoms with Crippen LogP contribution in [0.3, 0.4) is 0 Å². The number of aliphatic imine (C=N–C) groups is 1. The number of rotatable bonds is 9. The standard InChI is InChI=1S/C23H32N4O2/c1-5-29-17-21-11-7-6-10-20(21)16-26-23(24-2)25-14-13-18-9-8-12-19(15-18)22(28)27(3)4/h6-12,15H,5,13-14,16-17H2,1-4H3,(H2,24,25,26). The molecule has 0 aliphatic carbocycles.